The van der Waals surface area contributed by atoms with Gasteiger partial charge in [0.05, 0.1) is 6.04 Å². The van der Waals surface area contributed by atoms with Gasteiger partial charge in [0.2, 0.25) is 11.8 Å². The number of halogens is 1. The lowest BCUT2D eigenvalue weighted by Crippen LogP contribution is -2.71. The maximum absolute atomic E-state index is 12.5. The van der Waals surface area contributed by atoms with Crippen LogP contribution in [0.1, 0.15) is 12.6 Å². The van der Waals surface area contributed by atoms with Crippen molar-refractivity contribution >= 4 is 57.5 Å². The van der Waals surface area contributed by atoms with Crippen molar-refractivity contribution in [2.24, 2.45) is 5.16 Å². The number of rotatable bonds is 8. The van der Waals surface area contributed by atoms with Crippen LogP contribution < -0.4 is 16.0 Å². The van der Waals surface area contributed by atoms with Crippen LogP contribution in [0.4, 0.5) is 5.13 Å². The van der Waals surface area contributed by atoms with Crippen molar-refractivity contribution in [1.29, 1.82) is 0 Å². The van der Waals surface area contributed by atoms with Crippen molar-refractivity contribution in [3.63, 3.8) is 0 Å². The molecule has 1 aromatic rings. The van der Waals surface area contributed by atoms with Crippen LogP contribution in [0.15, 0.2) is 10.5 Å². The summed E-state index contributed by atoms with van der Waals surface area (Å²) < 4.78 is 4.83. The number of amides is 3. The molecule has 0 unspecified atom stereocenters. The summed E-state index contributed by atoms with van der Waals surface area (Å²) in [5.41, 5.74) is -0.0495. The molecule has 2 heterocycles. The molecule has 0 bridgehead atoms. The number of carbonyl (C=O) groups excluding carboxylic acids is 4. The summed E-state index contributed by atoms with van der Waals surface area (Å²) in [5.74, 6) is -2.34. The van der Waals surface area contributed by atoms with E-state index >= 15 is 0 Å². The Balaban J connectivity index is 2.07. The molecule has 3 amide bonds. The number of nitrogens with one attached hydrogen (secondary N) is 3. The standard InChI is InChI=1S/C14H16ClN5O6S/c1-6(21)26-4-7-10(12(23)16-7)19-13(24)11(20-25-2)8-5-27-14(17-8)18-9(22)3-15/h5,7,10H,3-4H2,1-2H3,(H,16,23)(H,19,24)(H,17,18,22)/t7-,10+/m1/s1. The fourth-order valence-electron chi connectivity index (χ4n) is 2.05. The number of hydrogen-bond donors (Lipinski definition) is 3. The van der Waals surface area contributed by atoms with E-state index in [4.69, 9.17) is 16.3 Å². The van der Waals surface area contributed by atoms with Gasteiger partial charge in [-0.25, -0.2) is 4.98 Å². The van der Waals surface area contributed by atoms with Gasteiger partial charge in [-0.3, -0.25) is 19.2 Å². The first kappa shape index (κ1) is 20.6. The highest BCUT2D eigenvalue weighted by molar-refractivity contribution is 7.14. The fraction of sp³-hybridized carbons (Fsp3) is 0.429. The number of alkyl halides is 1. The van der Waals surface area contributed by atoms with Gasteiger partial charge >= 0.3 is 5.97 Å². The Kier molecular flexibility index (Phi) is 7.07. The van der Waals surface area contributed by atoms with E-state index in [1.807, 2.05) is 0 Å². The van der Waals surface area contributed by atoms with Gasteiger partial charge in [0.25, 0.3) is 5.91 Å². The lowest BCUT2D eigenvalue weighted by Gasteiger charge is -2.36. The number of carbonyl (C=O) groups is 4. The van der Waals surface area contributed by atoms with E-state index in [9.17, 15) is 19.2 Å². The van der Waals surface area contributed by atoms with E-state index in [1.165, 1.54) is 19.4 Å². The highest BCUT2D eigenvalue weighted by Crippen LogP contribution is 2.17. The van der Waals surface area contributed by atoms with Gasteiger partial charge in [-0.1, -0.05) is 5.16 Å². The van der Waals surface area contributed by atoms with Gasteiger partial charge in [0.1, 0.15) is 31.3 Å². The van der Waals surface area contributed by atoms with Crippen LogP contribution in [0.2, 0.25) is 0 Å². The summed E-state index contributed by atoms with van der Waals surface area (Å²) in [6.07, 6.45) is 0. The van der Waals surface area contributed by atoms with Crippen LogP contribution in [0.3, 0.4) is 0 Å². The zero-order valence-corrected chi connectivity index (χ0v) is 15.8. The third-order valence-corrected chi connectivity index (χ3v) is 4.28. The molecule has 2 atom stereocenters. The number of thiazole rings is 1. The molecule has 3 N–H and O–H groups in total. The molecule has 1 fully saturated rings. The summed E-state index contributed by atoms with van der Waals surface area (Å²) in [7, 11) is 1.25. The molecule has 0 saturated carbocycles. The van der Waals surface area contributed by atoms with Crippen molar-refractivity contribution in [1.82, 2.24) is 15.6 Å². The smallest absolute Gasteiger partial charge is 0.302 e. The number of oxime groups is 1. The van der Waals surface area contributed by atoms with Crippen LogP contribution in [-0.4, -0.2) is 66.1 Å². The van der Waals surface area contributed by atoms with E-state index in [0.29, 0.717) is 0 Å². The van der Waals surface area contributed by atoms with E-state index in [-0.39, 0.29) is 29.0 Å². The first-order valence-electron chi connectivity index (χ1n) is 7.53. The van der Waals surface area contributed by atoms with Gasteiger partial charge in [-0.2, -0.15) is 0 Å². The molecule has 0 aromatic carbocycles. The van der Waals surface area contributed by atoms with E-state index in [0.717, 1.165) is 11.3 Å². The van der Waals surface area contributed by atoms with Gasteiger partial charge in [-0.15, -0.1) is 22.9 Å². The second-order valence-corrected chi connectivity index (χ2v) is 6.34. The Bertz CT molecular complexity index is 782. The molecule has 1 aliphatic rings. The number of anilines is 1. The van der Waals surface area contributed by atoms with Crippen LogP contribution >= 0.6 is 22.9 Å². The number of β-lactam (4-membered cyclic amide) rings is 1. The van der Waals surface area contributed by atoms with Crippen LogP contribution in [-0.2, 0) is 28.8 Å². The normalized spacial score (nSPS) is 18.8. The maximum Gasteiger partial charge on any atom is 0.302 e. The van der Waals surface area contributed by atoms with E-state index in [2.05, 4.69) is 30.9 Å². The predicted octanol–water partition coefficient (Wildman–Crippen LogP) is -0.783. The first-order chi connectivity index (χ1) is 12.8. The maximum atomic E-state index is 12.5. The Morgan fingerprint density at radius 2 is 2.19 bits per heavy atom. The molecule has 1 aliphatic heterocycles. The summed E-state index contributed by atoms with van der Waals surface area (Å²) in [6.45, 7) is 1.16. The molecule has 2 rings (SSSR count). The zero-order chi connectivity index (χ0) is 20.0. The van der Waals surface area contributed by atoms with Gasteiger partial charge in [-0.05, 0) is 0 Å². The van der Waals surface area contributed by atoms with Crippen LogP contribution in [0.5, 0.6) is 0 Å². The number of hydrogen-bond acceptors (Lipinski definition) is 9. The van der Waals surface area contributed by atoms with Crippen LogP contribution in [0, 0.1) is 0 Å². The summed E-state index contributed by atoms with van der Waals surface area (Å²) >= 11 is 6.47. The number of nitrogens with zero attached hydrogens (tertiary/aromatic N) is 2. The predicted molar refractivity (Wildman–Crippen MR) is 95.5 cm³/mol. The molecule has 146 valence electrons. The highest BCUT2D eigenvalue weighted by Gasteiger charge is 2.42. The Morgan fingerprint density at radius 1 is 1.44 bits per heavy atom. The largest absolute Gasteiger partial charge is 0.464 e. The number of ether oxygens (including phenoxy) is 1. The molecule has 1 saturated heterocycles. The average molecular weight is 418 g/mol. The Hall–Kier alpha value is -2.73. The average Bonchev–Trinajstić information content (AvgIpc) is 3.08. The molecule has 0 spiro atoms. The van der Waals surface area contributed by atoms with Crippen molar-refractivity contribution < 1.29 is 28.8 Å². The topological polar surface area (TPSA) is 148 Å². The fourth-order valence-corrected chi connectivity index (χ4v) is 2.83. The van der Waals surface area contributed by atoms with Crippen molar-refractivity contribution in [2.75, 3.05) is 24.9 Å². The molecule has 13 heteroatoms. The van der Waals surface area contributed by atoms with E-state index < -0.39 is 35.8 Å². The lowest BCUT2D eigenvalue weighted by molar-refractivity contribution is -0.147. The molecular formula is C14H16ClN5O6S. The molecule has 27 heavy (non-hydrogen) atoms. The Labute approximate surface area is 162 Å². The van der Waals surface area contributed by atoms with E-state index in [1.54, 1.807) is 0 Å². The SMILES string of the molecule is CON=C(C(=O)N[C@@H]1C(=O)N[C@@H]1COC(C)=O)c1csc(NC(=O)CCl)n1. The third kappa shape index (κ3) is 5.37. The summed E-state index contributed by atoms with van der Waals surface area (Å²) in [5, 5.41) is 12.8. The quantitative estimate of drug-likeness (QED) is 0.165. The highest BCUT2D eigenvalue weighted by atomic mass is 35.5. The number of aromatic nitrogens is 1. The molecule has 0 radical (unpaired) electrons. The van der Waals surface area contributed by atoms with Crippen molar-refractivity contribution in [3.8, 4) is 0 Å². The summed E-state index contributed by atoms with van der Waals surface area (Å²) in [6, 6.07) is -1.45. The lowest BCUT2D eigenvalue weighted by atomic mass is 9.99. The molecule has 0 aliphatic carbocycles. The monoisotopic (exact) mass is 417 g/mol. The van der Waals surface area contributed by atoms with Gasteiger partial charge in [0, 0.05) is 12.3 Å². The Morgan fingerprint density at radius 3 is 2.78 bits per heavy atom. The molecule has 1 aromatic heterocycles. The second kappa shape index (κ2) is 9.28. The van der Waals surface area contributed by atoms with Crippen LogP contribution in [0.25, 0.3) is 0 Å². The van der Waals surface area contributed by atoms with Gasteiger partial charge < -0.3 is 25.5 Å². The zero-order valence-electron chi connectivity index (χ0n) is 14.3. The third-order valence-electron chi connectivity index (χ3n) is 3.28. The first-order valence-corrected chi connectivity index (χ1v) is 8.94. The minimum Gasteiger partial charge on any atom is -0.464 e. The summed E-state index contributed by atoms with van der Waals surface area (Å²) in [4.78, 5) is 55.1. The molecular weight excluding hydrogens is 402 g/mol. The minimum atomic E-state index is -0.895. The molecule has 11 nitrogen and oxygen atoms in total. The second-order valence-electron chi connectivity index (χ2n) is 5.21. The van der Waals surface area contributed by atoms with Gasteiger partial charge in [0.15, 0.2) is 10.8 Å². The van der Waals surface area contributed by atoms with Crippen molar-refractivity contribution in [2.45, 2.75) is 19.0 Å². The number of esters is 1. The van der Waals surface area contributed by atoms with Crippen molar-refractivity contribution in [3.05, 3.63) is 11.1 Å². The minimum absolute atomic E-state index is 0.0753.